The van der Waals surface area contributed by atoms with Gasteiger partial charge in [-0.3, -0.25) is 4.90 Å². The fourth-order valence-corrected chi connectivity index (χ4v) is 4.37. The lowest BCUT2D eigenvalue weighted by Gasteiger charge is -2.34. The van der Waals surface area contributed by atoms with Crippen LogP contribution < -0.4 is 14.2 Å². The number of nitrogens with zero attached hydrogens (tertiary/aromatic N) is 1. The molecule has 0 unspecified atom stereocenters. The molecule has 1 atom stereocenters. The first-order valence-electron chi connectivity index (χ1n) is 9.56. The van der Waals surface area contributed by atoms with Gasteiger partial charge in [-0.05, 0) is 72.3 Å². The standard InChI is InChI=1S/C23H27NO3/c1-25-19-9-6-16(7-10-19)21-15-24-12-4-5-18(24)14-20(21)17-8-11-22(26-2)23(13-17)27-3/h6-11,13,18H,4-5,12,14-15H2,1-3H3/t18-/m1/s1. The van der Waals surface area contributed by atoms with E-state index in [0.717, 1.165) is 30.2 Å². The van der Waals surface area contributed by atoms with E-state index in [4.69, 9.17) is 14.2 Å². The summed E-state index contributed by atoms with van der Waals surface area (Å²) >= 11 is 0. The summed E-state index contributed by atoms with van der Waals surface area (Å²) in [5, 5.41) is 0. The SMILES string of the molecule is COc1ccc(C2=C(c3ccc(OC)c(OC)c3)C[C@H]3CCCN3C2)cc1. The molecule has 0 aromatic heterocycles. The van der Waals surface area contributed by atoms with Crippen LogP contribution in [-0.2, 0) is 0 Å². The second-order valence-corrected chi connectivity index (χ2v) is 7.23. The molecule has 0 saturated carbocycles. The predicted octanol–water partition coefficient (Wildman–Crippen LogP) is 4.49. The molecule has 0 aliphatic carbocycles. The number of hydrogen-bond donors (Lipinski definition) is 0. The molecule has 27 heavy (non-hydrogen) atoms. The number of benzene rings is 2. The number of fused-ring (bicyclic) bond motifs is 1. The lowest BCUT2D eigenvalue weighted by Crippen LogP contribution is -2.35. The van der Waals surface area contributed by atoms with E-state index in [1.165, 1.54) is 41.7 Å². The molecule has 2 heterocycles. The molecule has 0 radical (unpaired) electrons. The summed E-state index contributed by atoms with van der Waals surface area (Å²) in [5.74, 6) is 2.44. The van der Waals surface area contributed by atoms with Gasteiger partial charge in [0.1, 0.15) is 5.75 Å². The minimum absolute atomic E-state index is 0.648. The molecule has 4 nitrogen and oxygen atoms in total. The summed E-state index contributed by atoms with van der Waals surface area (Å²) in [7, 11) is 5.08. The van der Waals surface area contributed by atoms with Crippen LogP contribution in [0.25, 0.3) is 11.1 Å². The average molecular weight is 365 g/mol. The van der Waals surface area contributed by atoms with Crippen molar-refractivity contribution in [3.63, 3.8) is 0 Å². The van der Waals surface area contributed by atoms with E-state index in [1.807, 2.05) is 18.2 Å². The minimum Gasteiger partial charge on any atom is -0.497 e. The van der Waals surface area contributed by atoms with Crippen molar-refractivity contribution >= 4 is 11.1 Å². The van der Waals surface area contributed by atoms with Crippen LogP contribution in [0.15, 0.2) is 42.5 Å². The van der Waals surface area contributed by atoms with Gasteiger partial charge < -0.3 is 14.2 Å². The van der Waals surface area contributed by atoms with Crippen LogP contribution in [0.2, 0.25) is 0 Å². The summed E-state index contributed by atoms with van der Waals surface area (Å²) in [4.78, 5) is 2.63. The van der Waals surface area contributed by atoms with Crippen LogP contribution in [0.4, 0.5) is 0 Å². The number of hydrogen-bond acceptors (Lipinski definition) is 4. The molecule has 1 saturated heterocycles. The third-order valence-electron chi connectivity index (χ3n) is 5.83. The van der Waals surface area contributed by atoms with Crippen LogP contribution in [0.3, 0.4) is 0 Å². The van der Waals surface area contributed by atoms with Crippen LogP contribution >= 0.6 is 0 Å². The second kappa shape index (κ2) is 7.65. The van der Waals surface area contributed by atoms with E-state index in [1.54, 1.807) is 21.3 Å². The monoisotopic (exact) mass is 365 g/mol. The highest BCUT2D eigenvalue weighted by Crippen LogP contribution is 2.41. The van der Waals surface area contributed by atoms with Gasteiger partial charge >= 0.3 is 0 Å². The largest absolute Gasteiger partial charge is 0.497 e. The Hall–Kier alpha value is -2.46. The zero-order valence-electron chi connectivity index (χ0n) is 16.3. The topological polar surface area (TPSA) is 30.9 Å². The smallest absolute Gasteiger partial charge is 0.161 e. The molecule has 4 rings (SSSR count). The molecule has 4 heteroatoms. The van der Waals surface area contributed by atoms with Crippen molar-refractivity contribution in [1.29, 1.82) is 0 Å². The van der Waals surface area contributed by atoms with Crippen LogP contribution in [0, 0.1) is 0 Å². The van der Waals surface area contributed by atoms with Gasteiger partial charge in [0, 0.05) is 12.6 Å². The van der Waals surface area contributed by atoms with E-state index < -0.39 is 0 Å². The van der Waals surface area contributed by atoms with Gasteiger partial charge in [0.2, 0.25) is 0 Å². The van der Waals surface area contributed by atoms with Gasteiger partial charge in [0.15, 0.2) is 11.5 Å². The molecular formula is C23H27NO3. The molecule has 2 aromatic carbocycles. The highest BCUT2D eigenvalue weighted by Gasteiger charge is 2.32. The van der Waals surface area contributed by atoms with Gasteiger partial charge in [0.25, 0.3) is 0 Å². The fourth-order valence-electron chi connectivity index (χ4n) is 4.37. The Bertz CT molecular complexity index is 841. The van der Waals surface area contributed by atoms with E-state index in [9.17, 15) is 0 Å². The summed E-state index contributed by atoms with van der Waals surface area (Å²) in [6.45, 7) is 2.20. The van der Waals surface area contributed by atoms with E-state index in [2.05, 4.69) is 29.2 Å². The molecular weight excluding hydrogens is 338 g/mol. The summed E-state index contributed by atoms with van der Waals surface area (Å²) in [6, 6.07) is 15.4. The first kappa shape index (κ1) is 17.9. The highest BCUT2D eigenvalue weighted by atomic mass is 16.5. The number of methoxy groups -OCH3 is 3. The Labute approximate surface area is 161 Å². The highest BCUT2D eigenvalue weighted by molar-refractivity contribution is 5.93. The van der Waals surface area contributed by atoms with E-state index in [-0.39, 0.29) is 0 Å². The molecule has 0 N–H and O–H groups in total. The summed E-state index contributed by atoms with van der Waals surface area (Å²) in [5.41, 5.74) is 5.32. The summed E-state index contributed by atoms with van der Waals surface area (Å²) in [6.07, 6.45) is 3.66. The molecule has 2 aromatic rings. The van der Waals surface area contributed by atoms with Crippen molar-refractivity contribution in [2.75, 3.05) is 34.4 Å². The third-order valence-corrected chi connectivity index (χ3v) is 5.83. The Morgan fingerprint density at radius 3 is 2.26 bits per heavy atom. The maximum atomic E-state index is 5.55. The zero-order valence-corrected chi connectivity index (χ0v) is 16.3. The third kappa shape index (κ3) is 3.42. The van der Waals surface area contributed by atoms with Crippen molar-refractivity contribution in [2.24, 2.45) is 0 Å². The Morgan fingerprint density at radius 2 is 1.56 bits per heavy atom. The maximum Gasteiger partial charge on any atom is 0.161 e. The van der Waals surface area contributed by atoms with E-state index >= 15 is 0 Å². The molecule has 1 fully saturated rings. The lowest BCUT2D eigenvalue weighted by molar-refractivity contribution is 0.281. The quantitative estimate of drug-likeness (QED) is 0.781. The van der Waals surface area contributed by atoms with Gasteiger partial charge in [-0.15, -0.1) is 0 Å². The summed E-state index contributed by atoms with van der Waals surface area (Å²) < 4.78 is 16.3. The van der Waals surface area contributed by atoms with Gasteiger partial charge in [-0.2, -0.15) is 0 Å². The van der Waals surface area contributed by atoms with Gasteiger partial charge in [-0.25, -0.2) is 0 Å². The fraction of sp³-hybridized carbons (Fsp3) is 0.391. The molecule has 2 aliphatic rings. The maximum absolute atomic E-state index is 5.55. The zero-order chi connectivity index (χ0) is 18.8. The van der Waals surface area contributed by atoms with Gasteiger partial charge in [0.05, 0.1) is 21.3 Å². The number of rotatable bonds is 5. The molecule has 0 bridgehead atoms. The molecule has 142 valence electrons. The van der Waals surface area contributed by atoms with Crippen molar-refractivity contribution in [1.82, 2.24) is 4.90 Å². The van der Waals surface area contributed by atoms with Crippen molar-refractivity contribution < 1.29 is 14.2 Å². The van der Waals surface area contributed by atoms with Gasteiger partial charge in [-0.1, -0.05) is 18.2 Å². The van der Waals surface area contributed by atoms with Crippen molar-refractivity contribution in [3.05, 3.63) is 53.6 Å². The van der Waals surface area contributed by atoms with Crippen LogP contribution in [0.1, 0.15) is 30.4 Å². The predicted molar refractivity (Wildman–Crippen MR) is 109 cm³/mol. The molecule has 0 spiro atoms. The number of ether oxygens (including phenoxy) is 3. The van der Waals surface area contributed by atoms with E-state index in [0.29, 0.717) is 6.04 Å². The first-order chi connectivity index (χ1) is 13.2. The minimum atomic E-state index is 0.648. The normalized spacial score (nSPS) is 19.7. The lowest BCUT2D eigenvalue weighted by atomic mass is 9.86. The molecule has 2 aliphatic heterocycles. The molecule has 0 amide bonds. The van der Waals surface area contributed by atoms with Crippen molar-refractivity contribution in [2.45, 2.75) is 25.3 Å². The van der Waals surface area contributed by atoms with Crippen LogP contribution in [0.5, 0.6) is 17.2 Å². The Balaban J connectivity index is 1.80. The van der Waals surface area contributed by atoms with Crippen molar-refractivity contribution in [3.8, 4) is 17.2 Å². The van der Waals surface area contributed by atoms with Crippen LogP contribution in [-0.4, -0.2) is 45.4 Å². The Kier molecular flexibility index (Phi) is 5.08. The average Bonchev–Trinajstić information content (AvgIpc) is 3.20. The second-order valence-electron chi connectivity index (χ2n) is 7.23. The Morgan fingerprint density at radius 1 is 0.815 bits per heavy atom. The first-order valence-corrected chi connectivity index (χ1v) is 9.56.